The molecule has 5 heteroatoms. The van der Waals surface area contributed by atoms with Crippen LogP contribution in [0, 0.1) is 0 Å². The maximum absolute atomic E-state index is 6.14. The molecule has 0 spiro atoms. The van der Waals surface area contributed by atoms with Crippen LogP contribution in [0.3, 0.4) is 0 Å². The molecule has 2 aromatic rings. The highest BCUT2D eigenvalue weighted by molar-refractivity contribution is 6.35. The lowest BCUT2D eigenvalue weighted by molar-refractivity contribution is 0.306. The summed E-state index contributed by atoms with van der Waals surface area (Å²) in [5, 5.41) is 7.17. The molecule has 0 heterocycles. The third-order valence-electron chi connectivity index (χ3n) is 2.75. The standard InChI is InChI=1S/C16H16Cl2N2O/c1-20(2)19-10-12-5-3-4-6-16(12)21-11-13-7-8-14(17)9-15(13)18/h3-10H,11H2,1-2H3/b19-10+. The summed E-state index contributed by atoms with van der Waals surface area (Å²) in [6, 6.07) is 13.1. The van der Waals surface area contributed by atoms with E-state index in [4.69, 9.17) is 27.9 Å². The largest absolute Gasteiger partial charge is 0.488 e. The smallest absolute Gasteiger partial charge is 0.128 e. The number of benzene rings is 2. The van der Waals surface area contributed by atoms with Crippen molar-refractivity contribution < 1.29 is 4.74 Å². The van der Waals surface area contributed by atoms with Gasteiger partial charge in [0.25, 0.3) is 0 Å². The van der Waals surface area contributed by atoms with Gasteiger partial charge < -0.3 is 9.75 Å². The first-order valence-electron chi connectivity index (χ1n) is 6.43. The first kappa shape index (κ1) is 15.7. The SMILES string of the molecule is CN(C)/N=C/c1ccccc1OCc1ccc(Cl)cc1Cl. The van der Waals surface area contributed by atoms with Gasteiger partial charge in [0.05, 0.1) is 6.21 Å². The molecule has 0 amide bonds. The van der Waals surface area contributed by atoms with E-state index in [1.165, 1.54) is 0 Å². The van der Waals surface area contributed by atoms with Crippen molar-refractivity contribution in [1.82, 2.24) is 5.01 Å². The van der Waals surface area contributed by atoms with Crippen LogP contribution in [0.1, 0.15) is 11.1 Å². The molecule has 0 radical (unpaired) electrons. The molecule has 0 aromatic heterocycles. The number of halogens is 2. The molecule has 2 aromatic carbocycles. The Bertz CT molecular complexity index is 642. The van der Waals surface area contributed by atoms with Crippen LogP contribution in [-0.4, -0.2) is 25.3 Å². The first-order valence-corrected chi connectivity index (χ1v) is 7.19. The highest BCUT2D eigenvalue weighted by Crippen LogP contribution is 2.23. The number of rotatable bonds is 5. The van der Waals surface area contributed by atoms with Crippen molar-refractivity contribution in [3.8, 4) is 5.75 Å². The van der Waals surface area contributed by atoms with Crippen molar-refractivity contribution in [2.24, 2.45) is 5.10 Å². The molecule has 21 heavy (non-hydrogen) atoms. The van der Waals surface area contributed by atoms with E-state index in [0.717, 1.165) is 16.9 Å². The Morgan fingerprint density at radius 3 is 2.62 bits per heavy atom. The number of hydrogen-bond acceptors (Lipinski definition) is 3. The van der Waals surface area contributed by atoms with Crippen LogP contribution in [0.25, 0.3) is 0 Å². The zero-order valence-corrected chi connectivity index (χ0v) is 13.4. The van der Waals surface area contributed by atoms with E-state index < -0.39 is 0 Å². The zero-order chi connectivity index (χ0) is 15.2. The van der Waals surface area contributed by atoms with Crippen LogP contribution in [0.4, 0.5) is 0 Å². The second-order valence-electron chi connectivity index (χ2n) is 4.65. The summed E-state index contributed by atoms with van der Waals surface area (Å²) in [5.41, 5.74) is 1.80. The monoisotopic (exact) mass is 322 g/mol. The molecule has 0 atom stereocenters. The third-order valence-corrected chi connectivity index (χ3v) is 3.33. The Balaban J connectivity index is 2.13. The van der Waals surface area contributed by atoms with E-state index in [9.17, 15) is 0 Å². The van der Waals surface area contributed by atoms with Crippen LogP contribution in [0.15, 0.2) is 47.6 Å². The summed E-state index contributed by atoms with van der Waals surface area (Å²) >= 11 is 12.0. The fraction of sp³-hybridized carbons (Fsp3) is 0.188. The second-order valence-corrected chi connectivity index (χ2v) is 5.50. The van der Waals surface area contributed by atoms with Crippen molar-refractivity contribution >= 4 is 29.4 Å². The van der Waals surface area contributed by atoms with E-state index in [1.54, 1.807) is 23.4 Å². The normalized spacial score (nSPS) is 10.9. The Morgan fingerprint density at radius 1 is 1.14 bits per heavy atom. The van der Waals surface area contributed by atoms with Gasteiger partial charge in [-0.25, -0.2) is 0 Å². The highest BCUT2D eigenvalue weighted by atomic mass is 35.5. The number of nitrogens with zero attached hydrogens (tertiary/aromatic N) is 2. The predicted molar refractivity (Wildman–Crippen MR) is 88.5 cm³/mol. The Labute approximate surface area is 134 Å². The maximum atomic E-state index is 6.14. The molecule has 0 saturated carbocycles. The van der Waals surface area contributed by atoms with Gasteiger partial charge in [0.2, 0.25) is 0 Å². The summed E-state index contributed by atoms with van der Waals surface area (Å²) in [4.78, 5) is 0. The molecule has 3 nitrogen and oxygen atoms in total. The molecule has 0 bridgehead atoms. The van der Waals surface area contributed by atoms with Crippen molar-refractivity contribution in [2.45, 2.75) is 6.61 Å². The fourth-order valence-corrected chi connectivity index (χ4v) is 2.15. The number of para-hydroxylation sites is 1. The minimum Gasteiger partial charge on any atom is -0.488 e. The maximum Gasteiger partial charge on any atom is 0.128 e. The summed E-state index contributed by atoms with van der Waals surface area (Å²) in [6.45, 7) is 0.378. The minimum absolute atomic E-state index is 0.378. The molecule has 110 valence electrons. The Hall–Kier alpha value is -1.71. The number of hydrogen-bond donors (Lipinski definition) is 0. The van der Waals surface area contributed by atoms with E-state index >= 15 is 0 Å². The molecule has 0 aliphatic rings. The summed E-state index contributed by atoms with van der Waals surface area (Å²) in [7, 11) is 3.74. The van der Waals surface area contributed by atoms with E-state index in [0.29, 0.717) is 16.7 Å². The average molecular weight is 323 g/mol. The quantitative estimate of drug-likeness (QED) is 0.599. The lowest BCUT2D eigenvalue weighted by atomic mass is 10.2. The molecular weight excluding hydrogens is 307 g/mol. The first-order chi connectivity index (χ1) is 10.1. The molecule has 0 saturated heterocycles. The van der Waals surface area contributed by atoms with Crippen LogP contribution in [-0.2, 0) is 6.61 Å². The van der Waals surface area contributed by atoms with Gasteiger partial charge in [-0.2, -0.15) is 5.10 Å². The minimum atomic E-state index is 0.378. The highest BCUT2D eigenvalue weighted by Gasteiger charge is 2.05. The zero-order valence-electron chi connectivity index (χ0n) is 11.9. The van der Waals surface area contributed by atoms with Gasteiger partial charge in [0, 0.05) is 35.3 Å². The van der Waals surface area contributed by atoms with E-state index in [1.807, 2.05) is 44.4 Å². The van der Waals surface area contributed by atoms with Gasteiger partial charge >= 0.3 is 0 Å². The van der Waals surface area contributed by atoms with Gasteiger partial charge in [-0.05, 0) is 24.3 Å². The third kappa shape index (κ3) is 4.66. The van der Waals surface area contributed by atoms with Crippen LogP contribution >= 0.6 is 23.2 Å². The van der Waals surface area contributed by atoms with Gasteiger partial charge in [0.1, 0.15) is 12.4 Å². The molecule has 2 rings (SSSR count). The molecule has 0 fully saturated rings. The van der Waals surface area contributed by atoms with Crippen LogP contribution < -0.4 is 4.74 Å². The van der Waals surface area contributed by atoms with Gasteiger partial charge in [-0.15, -0.1) is 0 Å². The lowest BCUT2D eigenvalue weighted by Gasteiger charge is -2.11. The van der Waals surface area contributed by atoms with Gasteiger partial charge in [0.15, 0.2) is 0 Å². The van der Waals surface area contributed by atoms with Crippen molar-refractivity contribution in [3.63, 3.8) is 0 Å². The molecule has 0 unspecified atom stereocenters. The summed E-state index contributed by atoms with van der Waals surface area (Å²) < 4.78 is 5.84. The molecule has 0 aliphatic carbocycles. The fourth-order valence-electron chi connectivity index (χ4n) is 1.69. The molecule has 0 aliphatic heterocycles. The van der Waals surface area contributed by atoms with Crippen LogP contribution in [0.5, 0.6) is 5.75 Å². The van der Waals surface area contributed by atoms with Gasteiger partial charge in [-0.1, -0.05) is 41.4 Å². The van der Waals surface area contributed by atoms with E-state index in [2.05, 4.69) is 5.10 Å². The average Bonchev–Trinajstić information content (AvgIpc) is 2.45. The number of hydrazone groups is 1. The van der Waals surface area contributed by atoms with E-state index in [-0.39, 0.29) is 0 Å². The summed E-state index contributed by atoms with van der Waals surface area (Å²) in [6.07, 6.45) is 1.76. The summed E-state index contributed by atoms with van der Waals surface area (Å²) in [5.74, 6) is 0.758. The van der Waals surface area contributed by atoms with Crippen molar-refractivity contribution in [2.75, 3.05) is 14.1 Å². The topological polar surface area (TPSA) is 24.8 Å². The molecular formula is C16H16Cl2N2O. The Morgan fingerprint density at radius 2 is 1.90 bits per heavy atom. The van der Waals surface area contributed by atoms with Gasteiger partial charge in [-0.3, -0.25) is 0 Å². The number of ether oxygens (including phenoxy) is 1. The molecule has 0 N–H and O–H groups in total. The van der Waals surface area contributed by atoms with Crippen LogP contribution in [0.2, 0.25) is 10.0 Å². The second kappa shape index (κ2) is 7.34. The Kier molecular flexibility index (Phi) is 5.48. The predicted octanol–water partition coefficient (Wildman–Crippen LogP) is 4.47. The van der Waals surface area contributed by atoms with Crippen molar-refractivity contribution in [1.29, 1.82) is 0 Å². The van der Waals surface area contributed by atoms with Crippen molar-refractivity contribution in [3.05, 3.63) is 63.6 Å². The lowest BCUT2D eigenvalue weighted by Crippen LogP contribution is -2.03.